The molecule has 122 valence electrons. The third kappa shape index (κ3) is 2.66. The molecule has 1 unspecified atom stereocenters. The molecular formula is C19H20N4O. The first-order valence-corrected chi connectivity index (χ1v) is 8.33. The molecule has 5 nitrogen and oxygen atoms in total. The zero-order valence-corrected chi connectivity index (χ0v) is 13.9. The van der Waals surface area contributed by atoms with Crippen molar-refractivity contribution in [2.24, 2.45) is 5.92 Å². The molecule has 0 aromatic carbocycles. The van der Waals surface area contributed by atoms with Gasteiger partial charge in [0.15, 0.2) is 0 Å². The molecule has 5 heteroatoms. The van der Waals surface area contributed by atoms with Gasteiger partial charge in [0, 0.05) is 35.9 Å². The van der Waals surface area contributed by atoms with Crippen molar-refractivity contribution in [2.45, 2.75) is 32.7 Å². The van der Waals surface area contributed by atoms with Crippen molar-refractivity contribution in [1.29, 1.82) is 0 Å². The summed E-state index contributed by atoms with van der Waals surface area (Å²) in [6.45, 7) is 4.09. The first kappa shape index (κ1) is 14.9. The zero-order chi connectivity index (χ0) is 16.7. The SMILES string of the molecule is Cc1cc(-c2cccnc2)nc2c(C(=O)NC(C)C3CC3)ccn12. The van der Waals surface area contributed by atoms with Crippen molar-refractivity contribution in [3.8, 4) is 11.3 Å². The van der Waals surface area contributed by atoms with E-state index in [9.17, 15) is 4.79 Å². The van der Waals surface area contributed by atoms with Crippen molar-refractivity contribution < 1.29 is 4.79 Å². The number of pyridine rings is 1. The number of nitrogens with one attached hydrogen (secondary N) is 1. The monoisotopic (exact) mass is 320 g/mol. The predicted octanol–water partition coefficient (Wildman–Crippen LogP) is 3.23. The van der Waals surface area contributed by atoms with Crippen LogP contribution in [0.3, 0.4) is 0 Å². The van der Waals surface area contributed by atoms with Crippen LogP contribution in [-0.4, -0.2) is 26.3 Å². The van der Waals surface area contributed by atoms with E-state index < -0.39 is 0 Å². The van der Waals surface area contributed by atoms with Gasteiger partial charge in [-0.25, -0.2) is 4.98 Å². The van der Waals surface area contributed by atoms with Gasteiger partial charge in [-0.2, -0.15) is 0 Å². The van der Waals surface area contributed by atoms with Crippen LogP contribution < -0.4 is 5.32 Å². The Kier molecular flexibility index (Phi) is 3.56. The second kappa shape index (κ2) is 5.74. The molecule has 1 atom stereocenters. The highest BCUT2D eigenvalue weighted by Crippen LogP contribution is 2.32. The Balaban J connectivity index is 1.74. The molecule has 1 saturated carbocycles. The Labute approximate surface area is 140 Å². The first-order chi connectivity index (χ1) is 11.6. The van der Waals surface area contributed by atoms with E-state index in [4.69, 9.17) is 4.98 Å². The minimum absolute atomic E-state index is 0.0489. The number of carbonyl (C=O) groups excluding carboxylic acids is 1. The van der Waals surface area contributed by atoms with Crippen LogP contribution in [0, 0.1) is 12.8 Å². The number of aromatic nitrogens is 3. The molecule has 1 aliphatic carbocycles. The summed E-state index contributed by atoms with van der Waals surface area (Å²) in [5, 5.41) is 3.11. The van der Waals surface area contributed by atoms with Gasteiger partial charge in [0.25, 0.3) is 5.91 Å². The minimum Gasteiger partial charge on any atom is -0.349 e. The van der Waals surface area contributed by atoms with Crippen LogP contribution in [0.5, 0.6) is 0 Å². The molecule has 1 aliphatic rings. The number of rotatable bonds is 4. The number of hydrogen-bond donors (Lipinski definition) is 1. The zero-order valence-electron chi connectivity index (χ0n) is 13.9. The fourth-order valence-corrected chi connectivity index (χ4v) is 3.07. The summed E-state index contributed by atoms with van der Waals surface area (Å²) in [5.74, 6) is 0.579. The lowest BCUT2D eigenvalue weighted by Gasteiger charge is -2.12. The van der Waals surface area contributed by atoms with E-state index in [1.807, 2.05) is 41.8 Å². The molecule has 4 rings (SSSR count). The van der Waals surface area contributed by atoms with Gasteiger partial charge in [-0.15, -0.1) is 0 Å². The molecule has 0 saturated heterocycles. The third-order valence-corrected chi connectivity index (χ3v) is 4.70. The molecule has 3 aromatic rings. The lowest BCUT2D eigenvalue weighted by atomic mass is 10.1. The van der Waals surface area contributed by atoms with Gasteiger partial charge < -0.3 is 9.72 Å². The van der Waals surface area contributed by atoms with Crippen LogP contribution in [0.15, 0.2) is 42.9 Å². The van der Waals surface area contributed by atoms with E-state index in [0.29, 0.717) is 17.1 Å². The Morgan fingerprint density at radius 2 is 2.21 bits per heavy atom. The maximum Gasteiger partial charge on any atom is 0.255 e. The van der Waals surface area contributed by atoms with Gasteiger partial charge >= 0.3 is 0 Å². The maximum absolute atomic E-state index is 12.6. The summed E-state index contributed by atoms with van der Waals surface area (Å²) in [6.07, 6.45) is 7.85. The molecule has 1 amide bonds. The van der Waals surface area contributed by atoms with Crippen molar-refractivity contribution >= 4 is 11.6 Å². The van der Waals surface area contributed by atoms with E-state index in [1.54, 1.807) is 12.4 Å². The molecule has 0 spiro atoms. The molecule has 1 fully saturated rings. The Bertz CT molecular complexity index is 896. The van der Waals surface area contributed by atoms with E-state index in [0.717, 1.165) is 17.0 Å². The summed E-state index contributed by atoms with van der Waals surface area (Å²) >= 11 is 0. The fraction of sp³-hybridized carbons (Fsp3) is 0.316. The number of hydrogen-bond acceptors (Lipinski definition) is 3. The number of aryl methyl sites for hydroxylation is 1. The second-order valence-corrected chi connectivity index (χ2v) is 6.55. The first-order valence-electron chi connectivity index (χ1n) is 8.33. The Morgan fingerprint density at radius 3 is 2.92 bits per heavy atom. The summed E-state index contributed by atoms with van der Waals surface area (Å²) < 4.78 is 1.95. The largest absolute Gasteiger partial charge is 0.349 e. The van der Waals surface area contributed by atoms with Crippen LogP contribution in [-0.2, 0) is 0 Å². The van der Waals surface area contributed by atoms with Gasteiger partial charge in [0.05, 0.1) is 11.3 Å². The van der Waals surface area contributed by atoms with Crippen LogP contribution in [0.25, 0.3) is 16.9 Å². The average Bonchev–Trinajstić information content (AvgIpc) is 3.35. The molecule has 3 heterocycles. The molecular weight excluding hydrogens is 300 g/mol. The van der Waals surface area contributed by atoms with Gasteiger partial charge in [-0.1, -0.05) is 0 Å². The minimum atomic E-state index is -0.0489. The normalized spacial score (nSPS) is 15.4. The Morgan fingerprint density at radius 1 is 1.38 bits per heavy atom. The topological polar surface area (TPSA) is 59.3 Å². The number of amides is 1. The van der Waals surface area contributed by atoms with Crippen LogP contribution in [0.4, 0.5) is 0 Å². The lowest BCUT2D eigenvalue weighted by molar-refractivity contribution is 0.0937. The smallest absolute Gasteiger partial charge is 0.255 e. The molecule has 24 heavy (non-hydrogen) atoms. The van der Waals surface area contributed by atoms with Crippen molar-refractivity contribution in [3.05, 3.63) is 54.1 Å². The van der Waals surface area contributed by atoms with Gasteiger partial charge in [-0.05, 0) is 56.9 Å². The summed E-state index contributed by atoms with van der Waals surface area (Å²) in [7, 11) is 0. The molecule has 0 radical (unpaired) electrons. The molecule has 0 bridgehead atoms. The van der Waals surface area contributed by atoms with E-state index in [-0.39, 0.29) is 11.9 Å². The fourth-order valence-electron chi connectivity index (χ4n) is 3.07. The predicted molar refractivity (Wildman–Crippen MR) is 92.8 cm³/mol. The van der Waals surface area contributed by atoms with E-state index in [2.05, 4.69) is 17.2 Å². The summed E-state index contributed by atoms with van der Waals surface area (Å²) in [5.41, 5.74) is 4.12. The van der Waals surface area contributed by atoms with Crippen LogP contribution in [0.1, 0.15) is 35.8 Å². The summed E-state index contributed by atoms with van der Waals surface area (Å²) in [4.78, 5) is 21.5. The van der Waals surface area contributed by atoms with Crippen LogP contribution in [0.2, 0.25) is 0 Å². The average molecular weight is 320 g/mol. The molecule has 0 aliphatic heterocycles. The second-order valence-electron chi connectivity index (χ2n) is 6.55. The summed E-state index contributed by atoms with van der Waals surface area (Å²) in [6, 6.07) is 7.94. The highest BCUT2D eigenvalue weighted by atomic mass is 16.1. The lowest BCUT2D eigenvalue weighted by Crippen LogP contribution is -2.34. The highest BCUT2D eigenvalue weighted by Gasteiger charge is 2.29. The molecule has 1 N–H and O–H groups in total. The van der Waals surface area contributed by atoms with Gasteiger partial charge in [0.1, 0.15) is 5.65 Å². The maximum atomic E-state index is 12.6. The number of fused-ring (bicyclic) bond motifs is 1. The van der Waals surface area contributed by atoms with Gasteiger partial charge in [-0.3, -0.25) is 9.78 Å². The van der Waals surface area contributed by atoms with Crippen molar-refractivity contribution in [3.63, 3.8) is 0 Å². The number of carbonyl (C=O) groups is 1. The Hall–Kier alpha value is -2.69. The van der Waals surface area contributed by atoms with E-state index >= 15 is 0 Å². The van der Waals surface area contributed by atoms with Gasteiger partial charge in [0.2, 0.25) is 0 Å². The quantitative estimate of drug-likeness (QED) is 0.803. The van der Waals surface area contributed by atoms with Crippen molar-refractivity contribution in [1.82, 2.24) is 19.7 Å². The van der Waals surface area contributed by atoms with Crippen LogP contribution >= 0.6 is 0 Å². The molecule has 3 aromatic heterocycles. The highest BCUT2D eigenvalue weighted by molar-refractivity contribution is 6.00. The number of nitrogens with zero attached hydrogens (tertiary/aromatic N) is 3. The third-order valence-electron chi connectivity index (χ3n) is 4.70. The standard InChI is InChI=1S/C19H20N4O/c1-12-10-17(15-4-3-8-20-11-15)22-18-16(7-9-23(12)18)19(24)21-13(2)14-5-6-14/h3-4,7-11,13-14H,5-6H2,1-2H3,(H,21,24). The van der Waals surface area contributed by atoms with E-state index in [1.165, 1.54) is 12.8 Å². The van der Waals surface area contributed by atoms with Crippen molar-refractivity contribution in [2.75, 3.05) is 0 Å².